The van der Waals surface area contributed by atoms with Gasteiger partial charge in [0.05, 0.1) is 0 Å². The maximum absolute atomic E-state index is 12.7. The van der Waals surface area contributed by atoms with Gasteiger partial charge in [-0.05, 0) is 62.8 Å². The molecule has 1 saturated carbocycles. The van der Waals surface area contributed by atoms with E-state index in [1.54, 1.807) is 4.90 Å². The van der Waals surface area contributed by atoms with Crippen LogP contribution >= 0.6 is 0 Å². The summed E-state index contributed by atoms with van der Waals surface area (Å²) < 4.78 is 0. The molecule has 0 aromatic heterocycles. The van der Waals surface area contributed by atoms with Crippen molar-refractivity contribution < 1.29 is 9.59 Å². The number of hydrogen-bond donors (Lipinski definition) is 2. The number of anilines is 1. The molecule has 1 aromatic rings. The lowest BCUT2D eigenvalue weighted by atomic mass is 9.96. The Labute approximate surface area is 150 Å². The van der Waals surface area contributed by atoms with Crippen LogP contribution in [0.2, 0.25) is 0 Å². The van der Waals surface area contributed by atoms with Gasteiger partial charge in [0, 0.05) is 18.3 Å². The minimum Gasteiger partial charge on any atom is -0.335 e. The predicted octanol–water partition coefficient (Wildman–Crippen LogP) is 3.75. The minimum absolute atomic E-state index is 0.0790. The second-order valence-corrected chi connectivity index (χ2v) is 7.42. The number of amides is 3. The monoisotopic (exact) mass is 343 g/mol. The van der Waals surface area contributed by atoms with E-state index in [4.69, 9.17) is 0 Å². The molecule has 1 heterocycles. The fraction of sp³-hybridized carbons (Fsp3) is 0.600. The Kier molecular flexibility index (Phi) is 5.61. The van der Waals surface area contributed by atoms with Crippen molar-refractivity contribution in [2.45, 2.75) is 70.9 Å². The Morgan fingerprint density at radius 1 is 1.00 bits per heavy atom. The summed E-state index contributed by atoms with van der Waals surface area (Å²) in [6.45, 7) is 4.74. The van der Waals surface area contributed by atoms with Gasteiger partial charge in [0.15, 0.2) is 0 Å². The Morgan fingerprint density at radius 2 is 1.76 bits per heavy atom. The molecule has 0 unspecified atom stereocenters. The molecule has 1 aliphatic heterocycles. The molecule has 2 aliphatic rings. The van der Waals surface area contributed by atoms with Crippen LogP contribution in [0, 0.1) is 13.8 Å². The van der Waals surface area contributed by atoms with Crippen LogP contribution in [-0.4, -0.2) is 35.5 Å². The van der Waals surface area contributed by atoms with Crippen molar-refractivity contribution in [1.29, 1.82) is 0 Å². The van der Waals surface area contributed by atoms with Gasteiger partial charge in [0.1, 0.15) is 6.04 Å². The van der Waals surface area contributed by atoms with E-state index in [0.29, 0.717) is 6.54 Å². The predicted molar refractivity (Wildman–Crippen MR) is 99.7 cm³/mol. The number of rotatable bonds is 3. The number of likely N-dealkylation sites (tertiary alicyclic amines) is 1. The van der Waals surface area contributed by atoms with Gasteiger partial charge in [-0.25, -0.2) is 4.79 Å². The SMILES string of the molecule is Cc1ccc(NC(=O)[C@H]2CCCN2C(=O)NC2CCCCC2)cc1C. The van der Waals surface area contributed by atoms with Crippen molar-refractivity contribution in [3.05, 3.63) is 29.3 Å². The number of nitrogens with zero attached hydrogens (tertiary/aromatic N) is 1. The summed E-state index contributed by atoms with van der Waals surface area (Å²) in [6, 6.07) is 5.73. The lowest BCUT2D eigenvalue weighted by Crippen LogP contribution is -2.50. The van der Waals surface area contributed by atoms with Crippen LogP contribution in [0.3, 0.4) is 0 Å². The fourth-order valence-electron chi connectivity index (χ4n) is 3.83. The second-order valence-electron chi connectivity index (χ2n) is 7.42. The molecule has 3 rings (SSSR count). The van der Waals surface area contributed by atoms with E-state index in [9.17, 15) is 9.59 Å². The molecule has 5 nitrogen and oxygen atoms in total. The standard InChI is InChI=1S/C20H29N3O2/c1-14-10-11-17(13-15(14)2)21-19(24)18-9-6-12-23(18)20(25)22-16-7-4-3-5-8-16/h10-11,13,16,18H,3-9,12H2,1-2H3,(H,21,24)(H,22,25)/t18-/m1/s1. The number of carbonyl (C=O) groups excluding carboxylic acids is 2. The second kappa shape index (κ2) is 7.89. The van der Waals surface area contributed by atoms with E-state index >= 15 is 0 Å². The third kappa shape index (κ3) is 4.33. The van der Waals surface area contributed by atoms with Crippen LogP contribution in [0.1, 0.15) is 56.1 Å². The molecule has 1 saturated heterocycles. The van der Waals surface area contributed by atoms with E-state index < -0.39 is 0 Å². The van der Waals surface area contributed by atoms with Crippen LogP contribution < -0.4 is 10.6 Å². The van der Waals surface area contributed by atoms with Gasteiger partial charge < -0.3 is 15.5 Å². The number of carbonyl (C=O) groups is 2. The molecule has 25 heavy (non-hydrogen) atoms. The van der Waals surface area contributed by atoms with Crippen LogP contribution in [0.15, 0.2) is 18.2 Å². The van der Waals surface area contributed by atoms with E-state index in [0.717, 1.165) is 36.9 Å². The number of benzene rings is 1. The van der Waals surface area contributed by atoms with Crippen LogP contribution in [0.25, 0.3) is 0 Å². The zero-order chi connectivity index (χ0) is 17.8. The van der Waals surface area contributed by atoms with E-state index in [1.165, 1.54) is 24.8 Å². The molecule has 1 aromatic carbocycles. The summed E-state index contributed by atoms with van der Waals surface area (Å²) in [6.07, 6.45) is 7.34. The third-order valence-electron chi connectivity index (χ3n) is 5.52. The van der Waals surface area contributed by atoms with Crippen LogP contribution in [0.4, 0.5) is 10.5 Å². The van der Waals surface area contributed by atoms with Crippen molar-refractivity contribution in [3.63, 3.8) is 0 Å². The van der Waals surface area contributed by atoms with Gasteiger partial charge in [0.25, 0.3) is 0 Å². The molecule has 1 aliphatic carbocycles. The van der Waals surface area contributed by atoms with Crippen molar-refractivity contribution in [3.8, 4) is 0 Å². The first-order chi connectivity index (χ1) is 12.0. The van der Waals surface area contributed by atoms with E-state index in [-0.39, 0.29) is 24.0 Å². The first kappa shape index (κ1) is 17.8. The number of urea groups is 1. The molecular weight excluding hydrogens is 314 g/mol. The summed E-state index contributed by atoms with van der Waals surface area (Å²) in [5, 5.41) is 6.11. The van der Waals surface area contributed by atoms with Gasteiger partial charge in [-0.15, -0.1) is 0 Å². The fourth-order valence-corrected chi connectivity index (χ4v) is 3.83. The quantitative estimate of drug-likeness (QED) is 0.878. The lowest BCUT2D eigenvalue weighted by molar-refractivity contribution is -0.119. The first-order valence-corrected chi connectivity index (χ1v) is 9.50. The average Bonchev–Trinajstić information content (AvgIpc) is 3.09. The maximum Gasteiger partial charge on any atom is 0.318 e. The van der Waals surface area contributed by atoms with E-state index in [1.807, 2.05) is 25.1 Å². The number of nitrogens with one attached hydrogen (secondary N) is 2. The summed E-state index contributed by atoms with van der Waals surface area (Å²) >= 11 is 0. The van der Waals surface area contributed by atoms with Crippen LogP contribution in [-0.2, 0) is 4.79 Å². The average molecular weight is 343 g/mol. The van der Waals surface area contributed by atoms with Gasteiger partial charge in [0.2, 0.25) is 5.91 Å². The zero-order valence-electron chi connectivity index (χ0n) is 15.3. The van der Waals surface area contributed by atoms with Crippen molar-refractivity contribution >= 4 is 17.6 Å². The zero-order valence-corrected chi connectivity index (χ0v) is 15.3. The van der Waals surface area contributed by atoms with Crippen LogP contribution in [0.5, 0.6) is 0 Å². The molecule has 2 fully saturated rings. The smallest absolute Gasteiger partial charge is 0.318 e. The minimum atomic E-state index is -0.370. The molecule has 0 bridgehead atoms. The lowest BCUT2D eigenvalue weighted by Gasteiger charge is -2.29. The molecule has 2 N–H and O–H groups in total. The largest absolute Gasteiger partial charge is 0.335 e. The Balaban J connectivity index is 1.60. The topological polar surface area (TPSA) is 61.4 Å². The molecule has 3 amide bonds. The van der Waals surface area contributed by atoms with Crippen molar-refractivity contribution in [2.75, 3.05) is 11.9 Å². The maximum atomic E-state index is 12.7. The number of aryl methyl sites for hydroxylation is 2. The molecular formula is C20H29N3O2. The highest BCUT2D eigenvalue weighted by atomic mass is 16.2. The highest BCUT2D eigenvalue weighted by Gasteiger charge is 2.35. The number of hydrogen-bond acceptors (Lipinski definition) is 2. The summed E-state index contributed by atoms with van der Waals surface area (Å²) in [5.41, 5.74) is 3.15. The summed E-state index contributed by atoms with van der Waals surface area (Å²) in [4.78, 5) is 27.0. The highest BCUT2D eigenvalue weighted by Crippen LogP contribution is 2.22. The molecule has 5 heteroatoms. The Hall–Kier alpha value is -2.04. The Morgan fingerprint density at radius 3 is 2.48 bits per heavy atom. The normalized spacial score (nSPS) is 21.2. The van der Waals surface area contributed by atoms with Gasteiger partial charge in [-0.1, -0.05) is 25.3 Å². The molecule has 0 spiro atoms. The van der Waals surface area contributed by atoms with Gasteiger partial charge in [-0.3, -0.25) is 4.79 Å². The molecule has 0 radical (unpaired) electrons. The Bertz CT molecular complexity index is 638. The molecule has 136 valence electrons. The van der Waals surface area contributed by atoms with Gasteiger partial charge in [-0.2, -0.15) is 0 Å². The van der Waals surface area contributed by atoms with Gasteiger partial charge >= 0.3 is 6.03 Å². The summed E-state index contributed by atoms with van der Waals surface area (Å²) in [5.74, 6) is -0.0838. The highest BCUT2D eigenvalue weighted by molar-refractivity contribution is 5.97. The third-order valence-corrected chi connectivity index (χ3v) is 5.52. The van der Waals surface area contributed by atoms with Crippen molar-refractivity contribution in [2.24, 2.45) is 0 Å². The van der Waals surface area contributed by atoms with Crippen molar-refractivity contribution in [1.82, 2.24) is 10.2 Å². The van der Waals surface area contributed by atoms with E-state index in [2.05, 4.69) is 17.6 Å². The first-order valence-electron chi connectivity index (χ1n) is 9.50. The summed E-state index contributed by atoms with van der Waals surface area (Å²) in [7, 11) is 0. The molecule has 1 atom stereocenters.